The van der Waals surface area contributed by atoms with Crippen molar-refractivity contribution < 1.29 is 18.3 Å². The smallest absolute Gasteiger partial charge is 0.312 e. The summed E-state index contributed by atoms with van der Waals surface area (Å²) in [7, 11) is 1.33. The van der Waals surface area contributed by atoms with Crippen LogP contribution in [0, 0.1) is 11.6 Å². The van der Waals surface area contributed by atoms with Crippen LogP contribution in [0.4, 0.5) is 8.78 Å². The molecule has 4 heteroatoms. The topological polar surface area (TPSA) is 26.3 Å². The zero-order chi connectivity index (χ0) is 14.7. The molecule has 0 amide bonds. The average molecular weight is 276 g/mol. The average Bonchev–Trinajstić information content (AvgIpc) is 2.46. The first-order valence-corrected chi connectivity index (χ1v) is 6.16. The van der Waals surface area contributed by atoms with E-state index in [1.54, 1.807) is 31.2 Å². The van der Waals surface area contributed by atoms with Crippen LogP contribution in [0.25, 0.3) is 11.1 Å². The van der Waals surface area contributed by atoms with Crippen LogP contribution >= 0.6 is 0 Å². The van der Waals surface area contributed by atoms with Gasteiger partial charge < -0.3 is 4.74 Å². The predicted octanol–water partition coefficient (Wildman–Crippen LogP) is 3.91. The highest BCUT2D eigenvalue weighted by atomic mass is 19.1. The van der Waals surface area contributed by atoms with Gasteiger partial charge in [-0.3, -0.25) is 4.79 Å². The monoisotopic (exact) mass is 276 g/mol. The first-order chi connectivity index (χ1) is 9.52. The third-order valence-electron chi connectivity index (χ3n) is 3.21. The van der Waals surface area contributed by atoms with Gasteiger partial charge in [-0.1, -0.05) is 24.3 Å². The lowest BCUT2D eigenvalue weighted by Gasteiger charge is -2.10. The van der Waals surface area contributed by atoms with Crippen LogP contribution in [0.15, 0.2) is 42.5 Å². The van der Waals surface area contributed by atoms with Gasteiger partial charge in [0.2, 0.25) is 0 Å². The highest BCUT2D eigenvalue weighted by Crippen LogP contribution is 2.26. The normalized spacial score (nSPS) is 12.0. The lowest BCUT2D eigenvalue weighted by molar-refractivity contribution is -0.141. The van der Waals surface area contributed by atoms with E-state index in [0.717, 1.165) is 11.6 Å². The summed E-state index contributed by atoms with van der Waals surface area (Å²) in [6.45, 7) is 1.74. The molecule has 0 aliphatic rings. The molecule has 104 valence electrons. The summed E-state index contributed by atoms with van der Waals surface area (Å²) >= 11 is 0. The molecule has 0 N–H and O–H groups in total. The van der Waals surface area contributed by atoms with Crippen molar-refractivity contribution in [1.29, 1.82) is 0 Å². The van der Waals surface area contributed by atoms with Crippen molar-refractivity contribution in [3.63, 3.8) is 0 Å². The minimum Gasteiger partial charge on any atom is -0.469 e. The quantitative estimate of drug-likeness (QED) is 0.794. The fourth-order valence-electron chi connectivity index (χ4n) is 1.99. The van der Waals surface area contributed by atoms with Crippen LogP contribution in [-0.4, -0.2) is 13.1 Å². The molecule has 2 rings (SSSR count). The highest BCUT2D eigenvalue weighted by molar-refractivity contribution is 5.78. The lowest BCUT2D eigenvalue weighted by atomic mass is 9.97. The van der Waals surface area contributed by atoms with Gasteiger partial charge in [0.15, 0.2) is 0 Å². The minimum atomic E-state index is -0.612. The van der Waals surface area contributed by atoms with E-state index < -0.39 is 11.6 Å². The third-order valence-corrected chi connectivity index (χ3v) is 3.21. The van der Waals surface area contributed by atoms with E-state index in [-0.39, 0.29) is 11.9 Å². The molecule has 0 saturated carbocycles. The van der Waals surface area contributed by atoms with Gasteiger partial charge in [0.05, 0.1) is 13.0 Å². The number of halogens is 2. The van der Waals surface area contributed by atoms with Gasteiger partial charge in [-0.15, -0.1) is 0 Å². The van der Waals surface area contributed by atoms with E-state index in [1.807, 2.05) is 0 Å². The highest BCUT2D eigenvalue weighted by Gasteiger charge is 2.15. The number of rotatable bonds is 3. The van der Waals surface area contributed by atoms with Gasteiger partial charge in [-0.25, -0.2) is 8.78 Å². The number of carbonyl (C=O) groups excluding carboxylic acids is 1. The molecule has 0 aromatic heterocycles. The Morgan fingerprint density at radius 3 is 2.30 bits per heavy atom. The molecule has 0 aliphatic carbocycles. The van der Waals surface area contributed by atoms with Crippen molar-refractivity contribution >= 4 is 5.97 Å². The molecule has 2 aromatic carbocycles. The molecule has 2 nitrogen and oxygen atoms in total. The molecule has 1 unspecified atom stereocenters. The summed E-state index contributed by atoms with van der Waals surface area (Å²) in [5.41, 5.74) is 1.73. The number of benzene rings is 2. The van der Waals surface area contributed by atoms with Crippen molar-refractivity contribution in [1.82, 2.24) is 0 Å². The molecule has 0 fully saturated rings. The fourth-order valence-corrected chi connectivity index (χ4v) is 1.99. The largest absolute Gasteiger partial charge is 0.469 e. The predicted molar refractivity (Wildman–Crippen MR) is 72.2 cm³/mol. The maximum absolute atomic E-state index is 13.7. The number of hydrogen-bond acceptors (Lipinski definition) is 2. The Balaban J connectivity index is 2.30. The fraction of sp³-hybridized carbons (Fsp3) is 0.188. The van der Waals surface area contributed by atoms with Crippen molar-refractivity contribution in [2.45, 2.75) is 12.8 Å². The second-order valence-corrected chi connectivity index (χ2v) is 4.49. The number of carbonyl (C=O) groups is 1. The van der Waals surface area contributed by atoms with E-state index in [2.05, 4.69) is 4.74 Å². The Morgan fingerprint density at radius 2 is 1.75 bits per heavy atom. The number of hydrogen-bond donors (Lipinski definition) is 0. The molecule has 20 heavy (non-hydrogen) atoms. The van der Waals surface area contributed by atoms with Gasteiger partial charge >= 0.3 is 5.97 Å². The summed E-state index contributed by atoms with van der Waals surface area (Å²) in [6.07, 6.45) is 0. The summed E-state index contributed by atoms with van der Waals surface area (Å²) in [4.78, 5) is 11.4. The number of methoxy groups -OCH3 is 1. The van der Waals surface area contributed by atoms with Crippen LogP contribution in [0.5, 0.6) is 0 Å². The van der Waals surface area contributed by atoms with Gasteiger partial charge in [0.25, 0.3) is 0 Å². The zero-order valence-corrected chi connectivity index (χ0v) is 11.2. The van der Waals surface area contributed by atoms with E-state index >= 15 is 0 Å². The van der Waals surface area contributed by atoms with Crippen LogP contribution in [-0.2, 0) is 9.53 Å². The van der Waals surface area contributed by atoms with Crippen LogP contribution in [0.2, 0.25) is 0 Å². The minimum absolute atomic E-state index is 0.323. The van der Waals surface area contributed by atoms with Crippen LogP contribution in [0.1, 0.15) is 18.4 Å². The molecule has 0 bridgehead atoms. The SMILES string of the molecule is COC(=O)C(C)c1ccc(-c2ccc(F)cc2F)cc1. The molecule has 2 aromatic rings. The third kappa shape index (κ3) is 2.85. The molecular weight excluding hydrogens is 262 g/mol. The zero-order valence-electron chi connectivity index (χ0n) is 11.2. The number of ether oxygens (including phenoxy) is 1. The lowest BCUT2D eigenvalue weighted by Crippen LogP contribution is -2.10. The van der Waals surface area contributed by atoms with Gasteiger partial charge in [-0.2, -0.15) is 0 Å². The Bertz CT molecular complexity index is 621. The molecular formula is C16H14F2O2. The van der Waals surface area contributed by atoms with Crippen molar-refractivity contribution in [2.75, 3.05) is 7.11 Å². The van der Waals surface area contributed by atoms with Crippen LogP contribution < -0.4 is 0 Å². The van der Waals surface area contributed by atoms with Crippen molar-refractivity contribution in [2.24, 2.45) is 0 Å². The Labute approximate surface area is 116 Å². The summed E-state index contributed by atoms with van der Waals surface area (Å²) in [5.74, 6) is -1.93. The Hall–Kier alpha value is -2.23. The second-order valence-electron chi connectivity index (χ2n) is 4.49. The van der Waals surface area contributed by atoms with E-state index in [1.165, 1.54) is 19.2 Å². The van der Waals surface area contributed by atoms with E-state index in [0.29, 0.717) is 11.1 Å². The van der Waals surface area contributed by atoms with Gasteiger partial charge in [0.1, 0.15) is 11.6 Å². The van der Waals surface area contributed by atoms with Gasteiger partial charge in [-0.05, 0) is 30.2 Å². The Morgan fingerprint density at radius 1 is 1.10 bits per heavy atom. The van der Waals surface area contributed by atoms with E-state index in [9.17, 15) is 13.6 Å². The van der Waals surface area contributed by atoms with Crippen molar-refractivity contribution in [3.8, 4) is 11.1 Å². The van der Waals surface area contributed by atoms with Crippen LogP contribution in [0.3, 0.4) is 0 Å². The summed E-state index contributed by atoms with van der Waals surface area (Å²) < 4.78 is 31.2. The molecule has 0 saturated heterocycles. The first-order valence-electron chi connectivity index (χ1n) is 6.16. The molecule has 0 spiro atoms. The standard InChI is InChI=1S/C16H14F2O2/c1-10(16(19)20-2)11-3-5-12(6-4-11)14-8-7-13(17)9-15(14)18/h3-10H,1-2H3. The molecule has 0 heterocycles. The summed E-state index contributed by atoms with van der Waals surface area (Å²) in [5, 5.41) is 0. The summed E-state index contributed by atoms with van der Waals surface area (Å²) in [6, 6.07) is 10.3. The van der Waals surface area contributed by atoms with E-state index in [4.69, 9.17) is 0 Å². The maximum Gasteiger partial charge on any atom is 0.312 e. The molecule has 1 atom stereocenters. The Kier molecular flexibility index (Phi) is 4.13. The molecule has 0 radical (unpaired) electrons. The molecule has 0 aliphatic heterocycles. The maximum atomic E-state index is 13.7. The van der Waals surface area contributed by atoms with Crippen molar-refractivity contribution in [3.05, 3.63) is 59.7 Å². The number of esters is 1. The second kappa shape index (κ2) is 5.82. The van der Waals surface area contributed by atoms with Gasteiger partial charge in [0, 0.05) is 11.6 Å². The first kappa shape index (κ1) is 14.2.